The fraction of sp³-hybridized carbons (Fsp3) is 0.421. The summed E-state index contributed by atoms with van der Waals surface area (Å²) in [4.78, 5) is 38.7. The fourth-order valence-electron chi connectivity index (χ4n) is 4.39. The van der Waals surface area contributed by atoms with Gasteiger partial charge in [-0.05, 0) is 36.5 Å². The SMILES string of the molecule is COc1ccc(Cl)cc1NC(=O)CCN1C(=O)[C@@H]2[C@@H](C1=O)[C@H]1C=C[C@H]2C1. The molecule has 4 atom stereocenters. The van der Waals surface area contributed by atoms with Crippen molar-refractivity contribution in [3.8, 4) is 5.75 Å². The second-order valence-corrected chi connectivity index (χ2v) is 7.41. The highest BCUT2D eigenvalue weighted by molar-refractivity contribution is 6.31. The number of anilines is 1. The van der Waals surface area contributed by atoms with E-state index in [1.807, 2.05) is 0 Å². The normalized spacial score (nSPS) is 28.6. The molecule has 26 heavy (non-hydrogen) atoms. The fourth-order valence-corrected chi connectivity index (χ4v) is 4.56. The van der Waals surface area contributed by atoms with Crippen LogP contribution in [-0.2, 0) is 14.4 Å². The van der Waals surface area contributed by atoms with Gasteiger partial charge < -0.3 is 10.1 Å². The van der Waals surface area contributed by atoms with Crippen LogP contribution in [0.2, 0.25) is 5.02 Å². The van der Waals surface area contributed by atoms with Crippen molar-refractivity contribution >= 4 is 35.0 Å². The van der Waals surface area contributed by atoms with Crippen LogP contribution in [0, 0.1) is 23.7 Å². The van der Waals surface area contributed by atoms with Crippen LogP contribution < -0.4 is 10.1 Å². The number of imide groups is 1. The summed E-state index contributed by atoms with van der Waals surface area (Å²) in [5.41, 5.74) is 0.461. The average Bonchev–Trinajstić information content (AvgIpc) is 3.28. The molecule has 136 valence electrons. The number of carbonyl (C=O) groups is 3. The molecule has 0 radical (unpaired) electrons. The van der Waals surface area contributed by atoms with Gasteiger partial charge in [-0.1, -0.05) is 23.8 Å². The lowest BCUT2D eigenvalue weighted by atomic mass is 9.85. The number of allylic oxidation sites excluding steroid dienone is 2. The molecule has 6 nitrogen and oxygen atoms in total. The van der Waals surface area contributed by atoms with Gasteiger partial charge >= 0.3 is 0 Å². The van der Waals surface area contributed by atoms with Crippen LogP contribution in [0.15, 0.2) is 30.4 Å². The number of hydrogen-bond donors (Lipinski definition) is 1. The van der Waals surface area contributed by atoms with Crippen LogP contribution in [0.1, 0.15) is 12.8 Å². The van der Waals surface area contributed by atoms with Crippen LogP contribution in [0.4, 0.5) is 5.69 Å². The number of nitrogens with zero attached hydrogens (tertiary/aromatic N) is 1. The smallest absolute Gasteiger partial charge is 0.233 e. The maximum atomic E-state index is 12.6. The van der Waals surface area contributed by atoms with Gasteiger partial charge in [0, 0.05) is 18.0 Å². The Kier molecular flexibility index (Phi) is 4.23. The lowest BCUT2D eigenvalue weighted by Gasteiger charge is -2.17. The Balaban J connectivity index is 1.39. The molecule has 2 bridgehead atoms. The van der Waals surface area contributed by atoms with E-state index in [9.17, 15) is 14.4 Å². The zero-order chi connectivity index (χ0) is 18.4. The van der Waals surface area contributed by atoms with E-state index in [-0.39, 0.29) is 54.4 Å². The number of hydrogen-bond acceptors (Lipinski definition) is 4. The van der Waals surface area contributed by atoms with Gasteiger partial charge in [-0.3, -0.25) is 19.3 Å². The number of likely N-dealkylation sites (tertiary alicyclic amines) is 1. The molecular weight excluding hydrogens is 356 g/mol. The van der Waals surface area contributed by atoms with Crippen molar-refractivity contribution in [2.24, 2.45) is 23.7 Å². The van der Waals surface area contributed by atoms with E-state index in [2.05, 4.69) is 17.5 Å². The Bertz CT molecular complexity index is 792. The first-order valence-corrected chi connectivity index (χ1v) is 9.04. The number of amides is 3. The summed E-state index contributed by atoms with van der Waals surface area (Å²) in [5, 5.41) is 3.20. The summed E-state index contributed by atoms with van der Waals surface area (Å²) in [6, 6.07) is 4.92. The molecule has 0 aromatic heterocycles. The molecule has 7 heteroatoms. The van der Waals surface area contributed by atoms with Gasteiger partial charge in [0.15, 0.2) is 0 Å². The molecule has 1 aromatic carbocycles. The van der Waals surface area contributed by atoms with Gasteiger partial charge in [0.2, 0.25) is 17.7 Å². The van der Waals surface area contributed by atoms with Crippen LogP contribution in [-0.4, -0.2) is 36.3 Å². The van der Waals surface area contributed by atoms with Gasteiger partial charge in [-0.15, -0.1) is 0 Å². The average molecular weight is 375 g/mol. The summed E-state index contributed by atoms with van der Waals surface area (Å²) in [6.07, 6.45) is 5.04. The highest BCUT2D eigenvalue weighted by atomic mass is 35.5. The monoisotopic (exact) mass is 374 g/mol. The maximum Gasteiger partial charge on any atom is 0.233 e. The second-order valence-electron chi connectivity index (χ2n) is 6.97. The van der Waals surface area contributed by atoms with Crippen molar-refractivity contribution in [3.63, 3.8) is 0 Å². The molecule has 0 spiro atoms. The Morgan fingerprint density at radius 3 is 2.50 bits per heavy atom. The van der Waals surface area contributed by atoms with Crippen LogP contribution in [0.25, 0.3) is 0 Å². The number of methoxy groups -OCH3 is 1. The van der Waals surface area contributed by atoms with E-state index in [1.54, 1.807) is 18.2 Å². The summed E-state index contributed by atoms with van der Waals surface area (Å²) in [6.45, 7) is 0.0961. The third-order valence-corrected chi connectivity index (χ3v) is 5.79. The molecule has 1 saturated heterocycles. The summed E-state index contributed by atoms with van der Waals surface area (Å²) >= 11 is 5.95. The number of ether oxygens (including phenoxy) is 1. The number of carbonyl (C=O) groups excluding carboxylic acids is 3. The number of fused-ring (bicyclic) bond motifs is 5. The standard InChI is InChI=1S/C19H19ClN2O4/c1-26-14-5-4-12(20)9-13(14)21-15(23)6-7-22-18(24)16-10-2-3-11(8-10)17(16)19(22)25/h2-5,9-11,16-17H,6-8H2,1H3,(H,21,23)/t10-,11-,16-,17-/m0/s1. The molecule has 2 fully saturated rings. The Morgan fingerprint density at radius 2 is 1.88 bits per heavy atom. The molecule has 1 aromatic rings. The van der Waals surface area contributed by atoms with E-state index < -0.39 is 0 Å². The van der Waals surface area contributed by atoms with Crippen LogP contribution >= 0.6 is 11.6 Å². The first-order chi connectivity index (χ1) is 12.5. The predicted octanol–water partition coefficient (Wildman–Crippen LogP) is 2.48. The zero-order valence-electron chi connectivity index (χ0n) is 14.3. The number of rotatable bonds is 5. The van der Waals surface area contributed by atoms with Crippen molar-refractivity contribution in [1.29, 1.82) is 0 Å². The van der Waals surface area contributed by atoms with Crippen LogP contribution in [0.3, 0.4) is 0 Å². The molecule has 1 aliphatic heterocycles. The minimum Gasteiger partial charge on any atom is -0.495 e. The minimum atomic E-state index is -0.302. The van der Waals surface area contributed by atoms with E-state index >= 15 is 0 Å². The van der Waals surface area contributed by atoms with Crippen molar-refractivity contribution < 1.29 is 19.1 Å². The van der Waals surface area contributed by atoms with Crippen molar-refractivity contribution in [1.82, 2.24) is 4.90 Å². The van der Waals surface area contributed by atoms with E-state index in [0.29, 0.717) is 16.5 Å². The van der Waals surface area contributed by atoms with Crippen molar-refractivity contribution in [2.45, 2.75) is 12.8 Å². The molecule has 3 aliphatic rings. The Hall–Kier alpha value is -2.34. The largest absolute Gasteiger partial charge is 0.495 e. The van der Waals surface area contributed by atoms with Gasteiger partial charge in [0.1, 0.15) is 5.75 Å². The highest BCUT2D eigenvalue weighted by Gasteiger charge is 2.58. The molecule has 3 amide bonds. The van der Waals surface area contributed by atoms with Gasteiger partial charge in [0.25, 0.3) is 0 Å². The molecule has 0 unspecified atom stereocenters. The molecule has 1 N–H and O–H groups in total. The second kappa shape index (κ2) is 6.43. The summed E-state index contributed by atoms with van der Waals surface area (Å²) in [5.74, 6) is -0.179. The van der Waals surface area contributed by atoms with Crippen molar-refractivity contribution in [2.75, 3.05) is 19.0 Å². The predicted molar refractivity (Wildman–Crippen MR) is 95.7 cm³/mol. The quantitative estimate of drug-likeness (QED) is 0.634. The number of nitrogens with one attached hydrogen (secondary N) is 1. The number of benzene rings is 1. The van der Waals surface area contributed by atoms with Gasteiger partial charge in [0.05, 0.1) is 24.6 Å². The minimum absolute atomic E-state index is 0.0371. The Labute approximate surface area is 156 Å². The molecule has 4 rings (SSSR count). The van der Waals surface area contributed by atoms with Gasteiger partial charge in [-0.25, -0.2) is 0 Å². The molecular formula is C19H19ClN2O4. The molecule has 1 heterocycles. The third-order valence-electron chi connectivity index (χ3n) is 5.56. The molecule has 1 saturated carbocycles. The number of halogens is 1. The van der Waals surface area contributed by atoms with Crippen LogP contribution in [0.5, 0.6) is 5.75 Å². The van der Waals surface area contributed by atoms with Gasteiger partial charge in [-0.2, -0.15) is 0 Å². The first kappa shape index (κ1) is 17.1. The lowest BCUT2D eigenvalue weighted by Crippen LogP contribution is -2.35. The topological polar surface area (TPSA) is 75.7 Å². The summed E-state index contributed by atoms with van der Waals surface area (Å²) < 4.78 is 5.20. The first-order valence-electron chi connectivity index (χ1n) is 8.66. The van der Waals surface area contributed by atoms with E-state index in [1.165, 1.54) is 12.0 Å². The maximum absolute atomic E-state index is 12.6. The van der Waals surface area contributed by atoms with Crippen molar-refractivity contribution in [3.05, 3.63) is 35.4 Å². The highest BCUT2D eigenvalue weighted by Crippen LogP contribution is 2.52. The van der Waals surface area contributed by atoms with E-state index in [4.69, 9.17) is 16.3 Å². The zero-order valence-corrected chi connectivity index (χ0v) is 15.0. The Morgan fingerprint density at radius 1 is 1.23 bits per heavy atom. The summed E-state index contributed by atoms with van der Waals surface area (Å²) in [7, 11) is 1.50. The third kappa shape index (κ3) is 2.69. The lowest BCUT2D eigenvalue weighted by molar-refractivity contribution is -0.140. The molecule has 2 aliphatic carbocycles. The van der Waals surface area contributed by atoms with E-state index in [0.717, 1.165) is 6.42 Å².